The van der Waals surface area contributed by atoms with Crippen molar-refractivity contribution < 1.29 is 9.18 Å². The van der Waals surface area contributed by atoms with Crippen LogP contribution in [0.15, 0.2) is 36.9 Å². The molecule has 2 rings (SSSR count). The van der Waals surface area contributed by atoms with Gasteiger partial charge in [0.25, 0.3) is 0 Å². The summed E-state index contributed by atoms with van der Waals surface area (Å²) in [5, 5.41) is 3.87. The number of nitrogens with zero attached hydrogens (tertiary/aromatic N) is 4. The second-order valence-electron chi connectivity index (χ2n) is 3.97. The van der Waals surface area contributed by atoms with E-state index in [1.807, 2.05) is 0 Å². The third-order valence-electron chi connectivity index (χ3n) is 2.52. The van der Waals surface area contributed by atoms with E-state index >= 15 is 0 Å². The number of halogens is 1. The summed E-state index contributed by atoms with van der Waals surface area (Å²) in [6.07, 6.45) is 2.87. The molecule has 0 saturated carbocycles. The molecule has 0 fully saturated rings. The third-order valence-corrected chi connectivity index (χ3v) is 2.52. The smallest absolute Gasteiger partial charge is 0.244 e. The Morgan fingerprint density at radius 1 is 1.39 bits per heavy atom. The fourth-order valence-corrected chi connectivity index (χ4v) is 1.53. The second kappa shape index (κ2) is 5.39. The molecular formula is C12H13FN4O. The van der Waals surface area contributed by atoms with Crippen LogP contribution in [0.3, 0.4) is 0 Å². The number of likely N-dealkylation sites (N-methyl/N-ethyl adjacent to an activating group) is 1. The molecule has 0 aliphatic rings. The molecule has 18 heavy (non-hydrogen) atoms. The fraction of sp³-hybridized carbons (Fsp3) is 0.250. The number of carbonyl (C=O) groups is 1. The molecule has 5 nitrogen and oxygen atoms in total. The quantitative estimate of drug-likeness (QED) is 0.813. The van der Waals surface area contributed by atoms with Crippen molar-refractivity contribution >= 4 is 5.91 Å². The van der Waals surface area contributed by atoms with Crippen LogP contribution < -0.4 is 0 Å². The standard InChI is InChI=1S/C12H13FN4O/c1-16(6-10-2-4-11(13)5-3-10)12(18)7-17-9-14-8-15-17/h2-5,8-9H,6-7H2,1H3. The van der Waals surface area contributed by atoms with Gasteiger partial charge in [0.05, 0.1) is 0 Å². The highest BCUT2D eigenvalue weighted by molar-refractivity contribution is 5.75. The van der Waals surface area contributed by atoms with Gasteiger partial charge in [0.1, 0.15) is 25.0 Å². The first-order chi connectivity index (χ1) is 8.65. The Morgan fingerprint density at radius 2 is 2.11 bits per heavy atom. The molecule has 0 atom stereocenters. The molecule has 0 N–H and O–H groups in total. The van der Waals surface area contributed by atoms with E-state index in [9.17, 15) is 9.18 Å². The molecule has 1 aromatic carbocycles. The van der Waals surface area contributed by atoms with Crippen LogP contribution in [0, 0.1) is 5.82 Å². The molecule has 0 bridgehead atoms. The molecule has 1 heterocycles. The lowest BCUT2D eigenvalue weighted by atomic mass is 10.2. The molecule has 0 aliphatic carbocycles. The summed E-state index contributed by atoms with van der Waals surface area (Å²) in [5.41, 5.74) is 0.880. The van der Waals surface area contributed by atoms with Gasteiger partial charge in [-0.25, -0.2) is 14.1 Å². The van der Waals surface area contributed by atoms with Crippen LogP contribution in [0.25, 0.3) is 0 Å². The molecule has 0 radical (unpaired) electrons. The van der Waals surface area contributed by atoms with Crippen molar-refractivity contribution in [3.63, 3.8) is 0 Å². The number of hydrogen-bond donors (Lipinski definition) is 0. The minimum atomic E-state index is -0.282. The summed E-state index contributed by atoms with van der Waals surface area (Å²) < 4.78 is 14.2. The Hall–Kier alpha value is -2.24. The zero-order valence-electron chi connectivity index (χ0n) is 9.95. The molecule has 94 valence electrons. The van der Waals surface area contributed by atoms with Gasteiger partial charge in [0, 0.05) is 13.6 Å². The zero-order valence-corrected chi connectivity index (χ0v) is 9.95. The lowest BCUT2D eigenvalue weighted by Gasteiger charge is -2.17. The average Bonchev–Trinajstić information content (AvgIpc) is 2.85. The van der Waals surface area contributed by atoms with Crippen LogP contribution in [0.2, 0.25) is 0 Å². The molecule has 0 unspecified atom stereocenters. The molecule has 0 aliphatic heterocycles. The van der Waals surface area contributed by atoms with E-state index in [2.05, 4.69) is 10.1 Å². The Morgan fingerprint density at radius 3 is 2.72 bits per heavy atom. The summed E-state index contributed by atoms with van der Waals surface area (Å²) in [6, 6.07) is 6.08. The molecular weight excluding hydrogens is 235 g/mol. The van der Waals surface area contributed by atoms with Crippen molar-refractivity contribution in [1.82, 2.24) is 19.7 Å². The van der Waals surface area contributed by atoms with Crippen LogP contribution in [0.5, 0.6) is 0 Å². The van der Waals surface area contributed by atoms with Crippen LogP contribution in [-0.4, -0.2) is 32.6 Å². The Labute approximate surface area is 104 Å². The lowest BCUT2D eigenvalue weighted by molar-refractivity contribution is -0.131. The molecule has 1 aromatic heterocycles. The Kier molecular flexibility index (Phi) is 3.66. The Balaban J connectivity index is 1.93. The van der Waals surface area contributed by atoms with E-state index in [0.717, 1.165) is 5.56 Å². The van der Waals surface area contributed by atoms with E-state index in [1.54, 1.807) is 24.1 Å². The number of aromatic nitrogens is 3. The van der Waals surface area contributed by atoms with Gasteiger partial charge in [-0.15, -0.1) is 0 Å². The van der Waals surface area contributed by atoms with E-state index in [-0.39, 0.29) is 18.3 Å². The number of amides is 1. The van der Waals surface area contributed by atoms with Crippen LogP contribution >= 0.6 is 0 Å². The number of benzene rings is 1. The lowest BCUT2D eigenvalue weighted by Crippen LogP contribution is -2.29. The predicted octanol–water partition coefficient (Wildman–Crippen LogP) is 1.08. The third kappa shape index (κ3) is 3.13. The van der Waals surface area contributed by atoms with Crippen molar-refractivity contribution in [1.29, 1.82) is 0 Å². The van der Waals surface area contributed by atoms with Crippen LogP contribution in [-0.2, 0) is 17.9 Å². The first-order valence-electron chi connectivity index (χ1n) is 5.46. The van der Waals surface area contributed by atoms with E-state index in [0.29, 0.717) is 6.54 Å². The Bertz CT molecular complexity index is 509. The van der Waals surface area contributed by atoms with Crippen LogP contribution in [0.4, 0.5) is 4.39 Å². The van der Waals surface area contributed by atoms with Crippen molar-refractivity contribution in [2.24, 2.45) is 0 Å². The minimum absolute atomic E-state index is 0.0789. The van der Waals surface area contributed by atoms with E-state index in [4.69, 9.17) is 0 Å². The van der Waals surface area contributed by atoms with E-state index in [1.165, 1.54) is 29.5 Å². The maximum atomic E-state index is 12.7. The van der Waals surface area contributed by atoms with Gasteiger partial charge >= 0.3 is 0 Å². The highest BCUT2D eigenvalue weighted by Gasteiger charge is 2.10. The first kappa shape index (κ1) is 12.2. The molecule has 0 saturated heterocycles. The van der Waals surface area contributed by atoms with Gasteiger partial charge in [-0.2, -0.15) is 5.10 Å². The zero-order chi connectivity index (χ0) is 13.0. The monoisotopic (exact) mass is 248 g/mol. The maximum absolute atomic E-state index is 12.7. The fourth-order valence-electron chi connectivity index (χ4n) is 1.53. The van der Waals surface area contributed by atoms with Gasteiger partial charge < -0.3 is 4.90 Å². The van der Waals surface area contributed by atoms with Gasteiger partial charge in [-0.05, 0) is 17.7 Å². The molecule has 2 aromatic rings. The number of carbonyl (C=O) groups excluding carboxylic acids is 1. The van der Waals surface area contributed by atoms with Gasteiger partial charge in [0.2, 0.25) is 5.91 Å². The first-order valence-corrected chi connectivity index (χ1v) is 5.46. The predicted molar refractivity (Wildman–Crippen MR) is 62.9 cm³/mol. The SMILES string of the molecule is CN(Cc1ccc(F)cc1)C(=O)Cn1cncn1. The van der Waals surface area contributed by atoms with Crippen molar-refractivity contribution in [2.45, 2.75) is 13.1 Å². The number of hydrogen-bond acceptors (Lipinski definition) is 3. The van der Waals surface area contributed by atoms with E-state index < -0.39 is 0 Å². The number of rotatable bonds is 4. The second-order valence-corrected chi connectivity index (χ2v) is 3.97. The molecule has 6 heteroatoms. The van der Waals surface area contributed by atoms with Gasteiger partial charge in [-0.3, -0.25) is 4.79 Å². The van der Waals surface area contributed by atoms with Gasteiger partial charge in [0.15, 0.2) is 0 Å². The summed E-state index contributed by atoms with van der Waals surface area (Å²) in [4.78, 5) is 17.2. The molecule has 0 spiro atoms. The summed E-state index contributed by atoms with van der Waals surface area (Å²) in [6.45, 7) is 0.589. The highest BCUT2D eigenvalue weighted by atomic mass is 19.1. The average molecular weight is 248 g/mol. The van der Waals surface area contributed by atoms with Crippen molar-refractivity contribution in [3.05, 3.63) is 48.3 Å². The summed E-state index contributed by atoms with van der Waals surface area (Å²) >= 11 is 0. The van der Waals surface area contributed by atoms with Gasteiger partial charge in [-0.1, -0.05) is 12.1 Å². The normalized spacial score (nSPS) is 10.3. The maximum Gasteiger partial charge on any atom is 0.244 e. The topological polar surface area (TPSA) is 51.0 Å². The summed E-state index contributed by atoms with van der Waals surface area (Å²) in [5.74, 6) is -0.361. The summed E-state index contributed by atoms with van der Waals surface area (Å²) in [7, 11) is 1.70. The van der Waals surface area contributed by atoms with Crippen LogP contribution in [0.1, 0.15) is 5.56 Å². The minimum Gasteiger partial charge on any atom is -0.340 e. The largest absolute Gasteiger partial charge is 0.340 e. The highest BCUT2D eigenvalue weighted by Crippen LogP contribution is 2.06. The van der Waals surface area contributed by atoms with Crippen molar-refractivity contribution in [2.75, 3.05) is 7.05 Å². The molecule has 1 amide bonds. The van der Waals surface area contributed by atoms with Crippen molar-refractivity contribution in [3.8, 4) is 0 Å².